The molecule has 0 bridgehead atoms. The number of nitrogens with zero attached hydrogens (tertiary/aromatic N) is 2. The van der Waals surface area contributed by atoms with Crippen LogP contribution < -0.4 is 10.1 Å². The highest BCUT2D eigenvalue weighted by Crippen LogP contribution is 2.29. The number of hydrogen-bond donors (Lipinski definition) is 1. The molecule has 94 valence electrons. The fourth-order valence-corrected chi connectivity index (χ4v) is 2.61. The normalized spacial score (nSPS) is 23.6. The summed E-state index contributed by atoms with van der Waals surface area (Å²) < 4.78 is 5.32. The van der Waals surface area contributed by atoms with Gasteiger partial charge in [-0.15, -0.1) is 11.6 Å². The quantitative estimate of drug-likeness (QED) is 0.822. The third kappa shape index (κ3) is 3.22. The third-order valence-corrected chi connectivity index (χ3v) is 3.49. The van der Waals surface area contributed by atoms with Crippen LogP contribution in [0.25, 0.3) is 0 Å². The lowest BCUT2D eigenvalue weighted by atomic mass is 10.1. The summed E-state index contributed by atoms with van der Waals surface area (Å²) in [6.07, 6.45) is 6.93. The number of anilines is 1. The van der Waals surface area contributed by atoms with Crippen LogP contribution in [-0.2, 0) is 0 Å². The molecule has 1 aliphatic carbocycles. The van der Waals surface area contributed by atoms with Crippen molar-refractivity contribution in [3.8, 4) is 5.88 Å². The zero-order chi connectivity index (χ0) is 12.1. The van der Waals surface area contributed by atoms with Gasteiger partial charge in [-0.05, 0) is 25.7 Å². The van der Waals surface area contributed by atoms with Gasteiger partial charge in [0, 0.05) is 11.9 Å². The van der Waals surface area contributed by atoms with E-state index in [1.165, 1.54) is 12.8 Å². The number of alkyl halides is 1. The first kappa shape index (κ1) is 12.4. The number of halogens is 1. The average Bonchev–Trinajstić information content (AvgIpc) is 2.77. The number of hydrogen-bond acceptors (Lipinski definition) is 4. The molecule has 1 aromatic heterocycles. The minimum Gasteiger partial charge on any atom is -0.477 e. The van der Waals surface area contributed by atoms with Gasteiger partial charge in [0.1, 0.15) is 5.82 Å². The highest BCUT2D eigenvalue weighted by Gasteiger charge is 2.26. The van der Waals surface area contributed by atoms with Gasteiger partial charge in [-0.2, -0.15) is 4.98 Å². The molecule has 0 radical (unpaired) electrons. The molecule has 2 rings (SSSR count). The van der Waals surface area contributed by atoms with E-state index in [-0.39, 0.29) is 0 Å². The Bertz CT molecular complexity index is 361. The van der Waals surface area contributed by atoms with Crippen LogP contribution in [0.4, 0.5) is 5.82 Å². The first-order valence-corrected chi connectivity index (χ1v) is 6.64. The summed E-state index contributed by atoms with van der Waals surface area (Å²) in [7, 11) is 0. The van der Waals surface area contributed by atoms with Crippen LogP contribution in [0.1, 0.15) is 26.2 Å². The van der Waals surface area contributed by atoms with Gasteiger partial charge < -0.3 is 10.1 Å². The van der Waals surface area contributed by atoms with E-state index in [1.807, 2.05) is 6.92 Å². The molecule has 2 atom stereocenters. The largest absolute Gasteiger partial charge is 0.477 e. The van der Waals surface area contributed by atoms with Crippen molar-refractivity contribution in [2.75, 3.05) is 17.8 Å². The Kier molecular flexibility index (Phi) is 4.42. The van der Waals surface area contributed by atoms with Gasteiger partial charge in [0.2, 0.25) is 5.88 Å². The second-order valence-corrected chi connectivity index (χ2v) is 4.58. The molecule has 2 unspecified atom stereocenters. The van der Waals surface area contributed by atoms with Gasteiger partial charge in [-0.1, -0.05) is 6.42 Å². The summed E-state index contributed by atoms with van der Waals surface area (Å²) >= 11 is 5.95. The molecule has 0 spiro atoms. The molecule has 17 heavy (non-hydrogen) atoms. The zero-order valence-electron chi connectivity index (χ0n) is 10.0. The Morgan fingerprint density at radius 1 is 1.47 bits per heavy atom. The molecule has 1 N–H and O–H groups in total. The van der Waals surface area contributed by atoms with E-state index in [9.17, 15) is 0 Å². The minimum atomic E-state index is 0.415. The van der Waals surface area contributed by atoms with E-state index < -0.39 is 0 Å². The number of aromatic nitrogens is 2. The standard InChI is InChI=1S/C12H18ClN3O/c1-2-17-12-8-14-7-11(16-12)15-10-5-3-4-9(10)6-13/h7-10H,2-6H2,1H3,(H,15,16). The van der Waals surface area contributed by atoms with Crippen LogP contribution in [0.2, 0.25) is 0 Å². The predicted octanol–water partition coefficient (Wildman–Crippen LogP) is 2.69. The van der Waals surface area contributed by atoms with Crippen molar-refractivity contribution in [3.63, 3.8) is 0 Å². The monoisotopic (exact) mass is 255 g/mol. The SMILES string of the molecule is CCOc1cncc(NC2CCCC2CCl)n1. The van der Waals surface area contributed by atoms with Gasteiger partial charge >= 0.3 is 0 Å². The predicted molar refractivity (Wildman–Crippen MR) is 68.7 cm³/mol. The molecular weight excluding hydrogens is 238 g/mol. The van der Waals surface area contributed by atoms with Gasteiger partial charge in [0.25, 0.3) is 0 Å². The fourth-order valence-electron chi connectivity index (χ4n) is 2.24. The summed E-state index contributed by atoms with van der Waals surface area (Å²) in [6, 6.07) is 0.415. The average molecular weight is 256 g/mol. The van der Waals surface area contributed by atoms with E-state index in [1.54, 1.807) is 12.4 Å². The van der Waals surface area contributed by atoms with Crippen molar-refractivity contribution in [3.05, 3.63) is 12.4 Å². The molecule has 1 aromatic rings. The molecule has 0 aromatic carbocycles. The fraction of sp³-hybridized carbons (Fsp3) is 0.667. The van der Waals surface area contributed by atoms with Gasteiger partial charge in [0.05, 0.1) is 19.0 Å². The summed E-state index contributed by atoms with van der Waals surface area (Å²) in [5.74, 6) is 2.58. The van der Waals surface area contributed by atoms with E-state index in [0.29, 0.717) is 30.3 Å². The molecule has 1 fully saturated rings. The van der Waals surface area contributed by atoms with Crippen LogP contribution in [0.3, 0.4) is 0 Å². The van der Waals surface area contributed by atoms with Crippen molar-refractivity contribution in [1.29, 1.82) is 0 Å². The maximum absolute atomic E-state index is 5.95. The summed E-state index contributed by atoms with van der Waals surface area (Å²) in [5, 5.41) is 3.40. The number of nitrogens with one attached hydrogen (secondary N) is 1. The molecule has 5 heteroatoms. The van der Waals surface area contributed by atoms with Gasteiger partial charge in [-0.25, -0.2) is 0 Å². The van der Waals surface area contributed by atoms with Crippen LogP contribution >= 0.6 is 11.6 Å². The first-order chi connectivity index (χ1) is 8.33. The van der Waals surface area contributed by atoms with Crippen LogP contribution in [-0.4, -0.2) is 28.5 Å². The molecule has 1 saturated carbocycles. The molecule has 0 amide bonds. The highest BCUT2D eigenvalue weighted by atomic mass is 35.5. The maximum Gasteiger partial charge on any atom is 0.234 e. The Labute approximate surface area is 107 Å². The van der Waals surface area contributed by atoms with E-state index in [4.69, 9.17) is 16.3 Å². The van der Waals surface area contributed by atoms with E-state index >= 15 is 0 Å². The molecule has 1 aliphatic rings. The summed E-state index contributed by atoms with van der Waals surface area (Å²) in [6.45, 7) is 2.54. The molecule has 4 nitrogen and oxygen atoms in total. The van der Waals surface area contributed by atoms with Gasteiger partial charge in [0.15, 0.2) is 0 Å². The smallest absolute Gasteiger partial charge is 0.234 e. The minimum absolute atomic E-state index is 0.415. The van der Waals surface area contributed by atoms with Crippen LogP contribution in [0.15, 0.2) is 12.4 Å². The van der Waals surface area contributed by atoms with E-state index in [2.05, 4.69) is 15.3 Å². The zero-order valence-corrected chi connectivity index (χ0v) is 10.8. The van der Waals surface area contributed by atoms with Gasteiger partial charge in [-0.3, -0.25) is 4.98 Å². The third-order valence-electron chi connectivity index (χ3n) is 3.10. The number of ether oxygens (including phenoxy) is 1. The Balaban J connectivity index is 2.00. The van der Waals surface area contributed by atoms with E-state index in [0.717, 1.165) is 12.2 Å². The van der Waals surface area contributed by atoms with Crippen molar-refractivity contribution in [1.82, 2.24) is 9.97 Å². The number of rotatable bonds is 5. The summed E-state index contributed by atoms with van der Waals surface area (Å²) in [4.78, 5) is 8.47. The first-order valence-electron chi connectivity index (χ1n) is 6.10. The Hall–Kier alpha value is -1.03. The van der Waals surface area contributed by atoms with Crippen molar-refractivity contribution in [2.24, 2.45) is 5.92 Å². The molecular formula is C12H18ClN3O. The highest BCUT2D eigenvalue weighted by molar-refractivity contribution is 6.18. The topological polar surface area (TPSA) is 47.0 Å². The van der Waals surface area contributed by atoms with Crippen LogP contribution in [0.5, 0.6) is 5.88 Å². The second-order valence-electron chi connectivity index (χ2n) is 4.27. The Morgan fingerprint density at radius 3 is 3.12 bits per heavy atom. The maximum atomic E-state index is 5.95. The Morgan fingerprint density at radius 2 is 2.35 bits per heavy atom. The van der Waals surface area contributed by atoms with Crippen molar-refractivity contribution >= 4 is 17.4 Å². The molecule has 0 saturated heterocycles. The summed E-state index contributed by atoms with van der Waals surface area (Å²) in [5.41, 5.74) is 0. The van der Waals surface area contributed by atoms with Crippen molar-refractivity contribution < 1.29 is 4.74 Å². The molecule has 0 aliphatic heterocycles. The lowest BCUT2D eigenvalue weighted by Crippen LogP contribution is -2.25. The molecule has 1 heterocycles. The van der Waals surface area contributed by atoms with Crippen molar-refractivity contribution in [2.45, 2.75) is 32.2 Å². The van der Waals surface area contributed by atoms with Crippen LogP contribution in [0, 0.1) is 5.92 Å². The lowest BCUT2D eigenvalue weighted by molar-refractivity contribution is 0.325. The second kappa shape index (κ2) is 6.05. The lowest BCUT2D eigenvalue weighted by Gasteiger charge is -2.19.